The molecule has 1 saturated carbocycles. The highest BCUT2D eigenvalue weighted by Gasteiger charge is 2.53. The maximum absolute atomic E-state index is 13.4. The Morgan fingerprint density at radius 3 is 2.81 bits per heavy atom. The molecule has 2 aromatic rings. The van der Waals surface area contributed by atoms with Crippen molar-refractivity contribution >= 4 is 17.2 Å². The van der Waals surface area contributed by atoms with Crippen molar-refractivity contribution in [3.05, 3.63) is 40.7 Å². The van der Waals surface area contributed by atoms with Crippen LogP contribution in [0.1, 0.15) is 50.1 Å². The number of amides is 1. The molecule has 0 saturated heterocycles. The summed E-state index contributed by atoms with van der Waals surface area (Å²) in [7, 11) is 1.61. The molecule has 1 heterocycles. The Balaban J connectivity index is 1.57. The van der Waals surface area contributed by atoms with E-state index in [2.05, 4.69) is 19.2 Å². The zero-order valence-corrected chi connectivity index (χ0v) is 20.0. The number of hydrogen-bond donors (Lipinski definition) is 2. The molecule has 6 unspecified atom stereocenters. The lowest BCUT2D eigenvalue weighted by Crippen LogP contribution is -2.53. The van der Waals surface area contributed by atoms with Crippen LogP contribution >= 0.6 is 11.3 Å². The number of nitrogens with zero attached hydrogens (tertiary/aromatic N) is 1. The number of benzene rings is 1. The van der Waals surface area contributed by atoms with Gasteiger partial charge in [-0.2, -0.15) is 0 Å². The molecule has 2 aliphatic carbocycles. The van der Waals surface area contributed by atoms with Gasteiger partial charge in [0, 0.05) is 35.9 Å². The summed E-state index contributed by atoms with van der Waals surface area (Å²) in [6, 6.07) is 6.48. The summed E-state index contributed by atoms with van der Waals surface area (Å²) in [4.78, 5) is 18.9. The average Bonchev–Trinajstić information content (AvgIpc) is 3.17. The predicted octanol–water partition coefficient (Wildman–Crippen LogP) is 4.40. The minimum Gasteiger partial charge on any atom is -0.392 e. The number of aliphatic hydroxyl groups is 1. The van der Waals surface area contributed by atoms with Gasteiger partial charge in [-0.15, -0.1) is 11.3 Å². The number of ether oxygens (including phenoxy) is 1. The number of nitrogens with one attached hydrogen (secondary N) is 1. The second-order valence-electron chi connectivity index (χ2n) is 9.75. The molecule has 0 aliphatic heterocycles. The summed E-state index contributed by atoms with van der Waals surface area (Å²) in [6.07, 6.45) is 2.13. The smallest absolute Gasteiger partial charge is 0.223 e. The summed E-state index contributed by atoms with van der Waals surface area (Å²) < 4.78 is 18.4. The van der Waals surface area contributed by atoms with Gasteiger partial charge in [-0.1, -0.05) is 20.8 Å². The minimum atomic E-state index is -0.559. The predicted molar refractivity (Wildman–Crippen MR) is 124 cm³/mol. The van der Waals surface area contributed by atoms with Crippen LogP contribution in [0, 0.1) is 29.0 Å². The number of halogens is 1. The molecule has 7 heteroatoms. The van der Waals surface area contributed by atoms with Gasteiger partial charge in [0.2, 0.25) is 5.91 Å². The summed E-state index contributed by atoms with van der Waals surface area (Å²) in [6.45, 7) is 7.31. The van der Waals surface area contributed by atoms with Gasteiger partial charge in [0.25, 0.3) is 0 Å². The van der Waals surface area contributed by atoms with Crippen molar-refractivity contribution in [1.29, 1.82) is 0 Å². The van der Waals surface area contributed by atoms with Crippen LogP contribution in [-0.4, -0.2) is 42.4 Å². The zero-order chi connectivity index (χ0) is 23.0. The lowest BCUT2D eigenvalue weighted by Gasteiger charge is -2.53. The molecule has 5 nitrogen and oxygen atoms in total. The largest absolute Gasteiger partial charge is 0.392 e. The van der Waals surface area contributed by atoms with Crippen LogP contribution in [-0.2, 0) is 16.0 Å². The topological polar surface area (TPSA) is 71.5 Å². The van der Waals surface area contributed by atoms with Gasteiger partial charge in [-0.25, -0.2) is 9.37 Å². The van der Waals surface area contributed by atoms with E-state index in [1.165, 1.54) is 17.0 Å². The van der Waals surface area contributed by atoms with E-state index >= 15 is 0 Å². The van der Waals surface area contributed by atoms with E-state index in [0.717, 1.165) is 35.5 Å². The van der Waals surface area contributed by atoms with Gasteiger partial charge >= 0.3 is 0 Å². The summed E-state index contributed by atoms with van der Waals surface area (Å²) in [5.41, 5.74) is 1.95. The first kappa shape index (κ1) is 23.3. The molecule has 1 aromatic heterocycles. The van der Waals surface area contributed by atoms with E-state index in [1.807, 2.05) is 6.92 Å². The highest BCUT2D eigenvalue weighted by Crippen LogP contribution is 2.57. The molecule has 174 valence electrons. The third-order valence-electron chi connectivity index (χ3n) is 7.67. The van der Waals surface area contributed by atoms with Crippen molar-refractivity contribution in [3.63, 3.8) is 0 Å². The van der Waals surface area contributed by atoms with Crippen molar-refractivity contribution in [1.82, 2.24) is 10.3 Å². The zero-order valence-electron chi connectivity index (χ0n) is 19.2. The van der Waals surface area contributed by atoms with Gasteiger partial charge < -0.3 is 15.2 Å². The monoisotopic (exact) mass is 460 g/mol. The number of aromatic nitrogens is 1. The normalized spacial score (nSPS) is 30.3. The number of hydrogen-bond acceptors (Lipinski definition) is 5. The molecule has 1 aromatic carbocycles. The average molecular weight is 461 g/mol. The van der Waals surface area contributed by atoms with Crippen LogP contribution in [0.2, 0.25) is 0 Å². The number of fused-ring (bicyclic) bond motifs is 2. The van der Waals surface area contributed by atoms with E-state index in [1.54, 1.807) is 30.6 Å². The molecule has 2 aliphatic rings. The lowest BCUT2D eigenvalue weighted by atomic mass is 9.53. The number of aliphatic hydroxyl groups excluding tert-OH is 1. The van der Waals surface area contributed by atoms with E-state index in [9.17, 15) is 14.3 Å². The van der Waals surface area contributed by atoms with Crippen molar-refractivity contribution in [2.45, 2.75) is 52.1 Å². The van der Waals surface area contributed by atoms with Crippen molar-refractivity contribution in [2.75, 3.05) is 20.3 Å². The van der Waals surface area contributed by atoms with Crippen LogP contribution in [0.3, 0.4) is 0 Å². The van der Waals surface area contributed by atoms with E-state index in [0.29, 0.717) is 13.2 Å². The summed E-state index contributed by atoms with van der Waals surface area (Å²) in [5.74, 6) is -0.468. The second kappa shape index (κ2) is 9.20. The maximum Gasteiger partial charge on any atom is 0.223 e. The Hall–Kier alpha value is -1.83. The van der Waals surface area contributed by atoms with Crippen molar-refractivity contribution in [3.8, 4) is 10.6 Å². The Kier molecular flexibility index (Phi) is 6.71. The maximum atomic E-state index is 13.4. The van der Waals surface area contributed by atoms with Crippen LogP contribution in [0.4, 0.5) is 4.39 Å². The molecule has 1 fully saturated rings. The highest BCUT2D eigenvalue weighted by molar-refractivity contribution is 7.15. The van der Waals surface area contributed by atoms with E-state index in [4.69, 9.17) is 9.72 Å². The Morgan fingerprint density at radius 2 is 2.12 bits per heavy atom. The Bertz CT molecular complexity index is 963. The SMILES string of the molecule is COCCNC(=O)C(C)C1CCC2(C)Cc3sc(-c4ccc(F)cc4)nc3C(C)C2C1O. The lowest BCUT2D eigenvalue weighted by molar-refractivity contribution is -0.135. The van der Waals surface area contributed by atoms with E-state index in [-0.39, 0.29) is 40.8 Å². The third-order valence-corrected chi connectivity index (χ3v) is 8.79. The van der Waals surface area contributed by atoms with Crippen LogP contribution in [0.25, 0.3) is 10.6 Å². The summed E-state index contributed by atoms with van der Waals surface area (Å²) >= 11 is 1.69. The molecule has 2 N–H and O–H groups in total. The van der Waals surface area contributed by atoms with Crippen LogP contribution in [0.15, 0.2) is 24.3 Å². The fourth-order valence-corrected chi connectivity index (χ4v) is 7.26. The first-order valence-electron chi connectivity index (χ1n) is 11.5. The number of thiazole rings is 1. The second-order valence-corrected chi connectivity index (χ2v) is 10.8. The quantitative estimate of drug-likeness (QED) is 0.627. The molecular weight excluding hydrogens is 427 g/mol. The Labute approximate surface area is 193 Å². The number of carbonyl (C=O) groups is 1. The molecule has 0 bridgehead atoms. The highest BCUT2D eigenvalue weighted by atomic mass is 32.1. The number of methoxy groups -OCH3 is 1. The fraction of sp³-hybridized carbons (Fsp3) is 0.600. The first-order chi connectivity index (χ1) is 15.2. The van der Waals surface area contributed by atoms with Gasteiger partial charge in [0.05, 0.1) is 18.4 Å². The van der Waals surface area contributed by atoms with Crippen LogP contribution < -0.4 is 5.32 Å². The van der Waals surface area contributed by atoms with Gasteiger partial charge in [0.1, 0.15) is 10.8 Å². The van der Waals surface area contributed by atoms with Gasteiger partial charge in [0.15, 0.2) is 0 Å². The van der Waals surface area contributed by atoms with Crippen molar-refractivity contribution < 1.29 is 19.0 Å². The van der Waals surface area contributed by atoms with Gasteiger partial charge in [-0.05, 0) is 60.8 Å². The molecule has 0 radical (unpaired) electrons. The number of rotatable bonds is 6. The molecule has 1 amide bonds. The molecule has 4 rings (SSSR count). The Morgan fingerprint density at radius 1 is 1.41 bits per heavy atom. The summed E-state index contributed by atoms with van der Waals surface area (Å²) in [5, 5.41) is 15.3. The first-order valence-corrected chi connectivity index (χ1v) is 12.3. The third kappa shape index (κ3) is 4.22. The standard InChI is InChI=1S/C25H33FN2O3S/c1-14(23(30)27-11-12-31-4)18-9-10-25(3)13-19-21(15(2)20(25)22(18)29)28-24(32-19)16-5-7-17(26)8-6-16/h5-8,14-15,18,20,22,29H,9-13H2,1-4H3,(H,27,30). The molecule has 32 heavy (non-hydrogen) atoms. The number of carbonyl (C=O) groups excluding carboxylic acids is 1. The van der Waals surface area contributed by atoms with Crippen molar-refractivity contribution in [2.24, 2.45) is 23.2 Å². The van der Waals surface area contributed by atoms with Gasteiger partial charge in [-0.3, -0.25) is 4.79 Å². The van der Waals surface area contributed by atoms with Crippen LogP contribution in [0.5, 0.6) is 0 Å². The molecule has 0 spiro atoms. The molecule has 6 atom stereocenters. The fourth-order valence-electron chi connectivity index (χ4n) is 5.89. The van der Waals surface area contributed by atoms with E-state index < -0.39 is 6.10 Å². The molecular formula is C25H33FN2O3S. The minimum absolute atomic E-state index is 0.0221.